The van der Waals surface area contributed by atoms with Crippen molar-refractivity contribution in [3.63, 3.8) is 0 Å². The zero-order valence-electron chi connectivity index (χ0n) is 5.96. The Morgan fingerprint density at radius 3 is 2.00 bits per heavy atom. The van der Waals surface area contributed by atoms with Gasteiger partial charge >= 0.3 is 0 Å². The van der Waals surface area contributed by atoms with Gasteiger partial charge in [-0.2, -0.15) is 0 Å². The molecule has 0 spiro atoms. The van der Waals surface area contributed by atoms with Crippen molar-refractivity contribution in [2.75, 3.05) is 5.88 Å². The molecule has 1 aliphatic rings. The Balaban J connectivity index is 2.46. The van der Waals surface area contributed by atoms with Crippen LogP contribution in [0.5, 0.6) is 0 Å². The van der Waals surface area contributed by atoms with Crippen LogP contribution in [0.2, 0.25) is 0 Å². The van der Waals surface area contributed by atoms with Gasteiger partial charge in [-0.3, -0.25) is 0 Å². The van der Waals surface area contributed by atoms with E-state index in [1.54, 1.807) is 0 Å². The van der Waals surface area contributed by atoms with Crippen LogP contribution in [0, 0.1) is 5.41 Å². The number of halogens is 3. The van der Waals surface area contributed by atoms with Crippen molar-refractivity contribution in [3.05, 3.63) is 0 Å². The summed E-state index contributed by atoms with van der Waals surface area (Å²) in [6.45, 7) is 1.91. The van der Waals surface area contributed by atoms with Crippen LogP contribution >= 0.6 is 11.6 Å². The fraction of sp³-hybridized carbons (Fsp3) is 1.00. The summed E-state index contributed by atoms with van der Waals surface area (Å²) < 4.78 is 24.7. The molecule has 0 amide bonds. The molecule has 0 N–H and O–H groups in total. The normalized spacial score (nSPS) is 27.6. The molecule has 0 heterocycles. The van der Waals surface area contributed by atoms with Gasteiger partial charge in [-0.15, -0.1) is 11.6 Å². The molecule has 1 rings (SSSR count). The maximum Gasteiger partial charge on any atom is 0.249 e. The molecule has 0 bridgehead atoms. The van der Waals surface area contributed by atoms with Crippen LogP contribution in [-0.2, 0) is 0 Å². The first-order chi connectivity index (χ1) is 4.54. The molecule has 0 saturated heterocycles. The fourth-order valence-electron chi connectivity index (χ4n) is 1.48. The largest absolute Gasteiger partial charge is 0.249 e. The standard InChI is InChI=1S/C7H11ClF2/c1-2-6(5-8)3-7(9,10)4-6/h2-5H2,1H3. The molecule has 10 heavy (non-hydrogen) atoms. The predicted octanol–water partition coefficient (Wildman–Crippen LogP) is 3.05. The van der Waals surface area contributed by atoms with Crippen LogP contribution in [0.15, 0.2) is 0 Å². The van der Waals surface area contributed by atoms with Crippen LogP contribution in [0.25, 0.3) is 0 Å². The van der Waals surface area contributed by atoms with Gasteiger partial charge in [0.2, 0.25) is 5.92 Å². The number of hydrogen-bond donors (Lipinski definition) is 0. The van der Waals surface area contributed by atoms with Crippen molar-refractivity contribution in [1.29, 1.82) is 0 Å². The summed E-state index contributed by atoms with van der Waals surface area (Å²) in [5.74, 6) is -2.05. The summed E-state index contributed by atoms with van der Waals surface area (Å²) >= 11 is 5.55. The SMILES string of the molecule is CCC1(CCl)CC(F)(F)C1. The van der Waals surface area contributed by atoms with E-state index in [0.717, 1.165) is 6.42 Å². The zero-order chi connectivity index (χ0) is 7.83. The Morgan fingerprint density at radius 1 is 1.40 bits per heavy atom. The van der Waals surface area contributed by atoms with Gasteiger partial charge in [-0.05, 0) is 11.8 Å². The molecular weight excluding hydrogens is 158 g/mol. The highest BCUT2D eigenvalue weighted by atomic mass is 35.5. The Labute approximate surface area is 64.6 Å². The van der Waals surface area contributed by atoms with Crippen molar-refractivity contribution in [2.24, 2.45) is 5.41 Å². The van der Waals surface area contributed by atoms with Crippen LogP contribution in [0.4, 0.5) is 8.78 Å². The minimum absolute atomic E-state index is 0.0139. The molecular formula is C7H11ClF2. The van der Waals surface area contributed by atoms with Crippen LogP contribution in [-0.4, -0.2) is 11.8 Å². The second kappa shape index (κ2) is 2.33. The van der Waals surface area contributed by atoms with Crippen LogP contribution in [0.3, 0.4) is 0 Å². The van der Waals surface area contributed by atoms with Gasteiger partial charge < -0.3 is 0 Å². The van der Waals surface area contributed by atoms with E-state index in [2.05, 4.69) is 0 Å². The summed E-state index contributed by atoms with van der Waals surface area (Å²) in [6, 6.07) is 0. The first kappa shape index (κ1) is 8.25. The molecule has 0 aliphatic heterocycles. The highest BCUT2D eigenvalue weighted by Gasteiger charge is 2.54. The quantitative estimate of drug-likeness (QED) is 0.556. The Bertz CT molecular complexity index is 120. The highest BCUT2D eigenvalue weighted by Crippen LogP contribution is 2.54. The summed E-state index contributed by atoms with van der Waals surface area (Å²) in [5, 5.41) is 0. The molecule has 0 aromatic rings. The maximum absolute atomic E-state index is 12.3. The number of hydrogen-bond acceptors (Lipinski definition) is 0. The first-order valence-corrected chi connectivity index (χ1v) is 4.01. The van der Waals surface area contributed by atoms with Crippen molar-refractivity contribution in [1.82, 2.24) is 0 Å². The monoisotopic (exact) mass is 168 g/mol. The Kier molecular flexibility index (Phi) is 1.92. The molecule has 0 unspecified atom stereocenters. The second-order valence-electron chi connectivity index (χ2n) is 3.20. The first-order valence-electron chi connectivity index (χ1n) is 3.47. The van der Waals surface area contributed by atoms with Gasteiger partial charge in [0.25, 0.3) is 0 Å². The minimum Gasteiger partial charge on any atom is -0.207 e. The summed E-state index contributed by atoms with van der Waals surface area (Å²) in [7, 11) is 0. The lowest BCUT2D eigenvalue weighted by Crippen LogP contribution is -2.46. The van der Waals surface area contributed by atoms with Gasteiger partial charge in [0.05, 0.1) is 0 Å². The lowest BCUT2D eigenvalue weighted by molar-refractivity contribution is -0.153. The van der Waals surface area contributed by atoms with Crippen LogP contribution < -0.4 is 0 Å². The zero-order valence-corrected chi connectivity index (χ0v) is 6.72. The molecule has 0 aromatic heterocycles. The summed E-state index contributed by atoms with van der Waals surface area (Å²) in [6.07, 6.45) is 0.742. The molecule has 0 radical (unpaired) electrons. The minimum atomic E-state index is -2.43. The van der Waals surface area contributed by atoms with Gasteiger partial charge in [-0.25, -0.2) is 8.78 Å². The smallest absolute Gasteiger partial charge is 0.207 e. The fourth-order valence-corrected chi connectivity index (χ4v) is 1.86. The van der Waals surface area contributed by atoms with Crippen molar-refractivity contribution in [3.8, 4) is 0 Å². The summed E-state index contributed by atoms with van der Waals surface area (Å²) in [4.78, 5) is 0. The van der Waals surface area contributed by atoms with E-state index < -0.39 is 5.92 Å². The van der Waals surface area contributed by atoms with E-state index in [1.807, 2.05) is 6.92 Å². The molecule has 1 saturated carbocycles. The van der Waals surface area contributed by atoms with E-state index in [4.69, 9.17) is 11.6 Å². The molecule has 0 aromatic carbocycles. The molecule has 3 heteroatoms. The number of alkyl halides is 3. The topological polar surface area (TPSA) is 0 Å². The summed E-state index contributed by atoms with van der Waals surface area (Å²) in [5.41, 5.74) is -0.245. The lowest BCUT2D eigenvalue weighted by Gasteiger charge is -2.45. The Hall–Kier alpha value is 0.150. The van der Waals surface area contributed by atoms with E-state index in [1.165, 1.54) is 0 Å². The number of rotatable bonds is 2. The van der Waals surface area contributed by atoms with E-state index in [0.29, 0.717) is 5.88 Å². The second-order valence-corrected chi connectivity index (χ2v) is 3.46. The van der Waals surface area contributed by atoms with E-state index >= 15 is 0 Å². The van der Waals surface area contributed by atoms with Gasteiger partial charge in [0.1, 0.15) is 0 Å². The van der Waals surface area contributed by atoms with Gasteiger partial charge in [0, 0.05) is 18.7 Å². The molecule has 1 aliphatic carbocycles. The highest BCUT2D eigenvalue weighted by molar-refractivity contribution is 6.18. The lowest BCUT2D eigenvalue weighted by atomic mass is 9.66. The average molecular weight is 169 g/mol. The maximum atomic E-state index is 12.3. The van der Waals surface area contributed by atoms with Gasteiger partial charge in [-0.1, -0.05) is 6.92 Å². The average Bonchev–Trinajstić information content (AvgIpc) is 1.82. The van der Waals surface area contributed by atoms with Crippen molar-refractivity contribution < 1.29 is 8.78 Å². The van der Waals surface area contributed by atoms with E-state index in [9.17, 15) is 8.78 Å². The van der Waals surface area contributed by atoms with E-state index in [-0.39, 0.29) is 18.3 Å². The third-order valence-corrected chi connectivity index (χ3v) is 2.87. The molecule has 1 fully saturated rings. The third-order valence-electron chi connectivity index (χ3n) is 2.30. The van der Waals surface area contributed by atoms with Gasteiger partial charge in [0.15, 0.2) is 0 Å². The third kappa shape index (κ3) is 1.26. The molecule has 0 atom stereocenters. The Morgan fingerprint density at radius 2 is 1.90 bits per heavy atom. The molecule has 60 valence electrons. The van der Waals surface area contributed by atoms with Crippen molar-refractivity contribution >= 4 is 11.6 Å². The molecule has 0 nitrogen and oxygen atoms in total. The van der Waals surface area contributed by atoms with Crippen molar-refractivity contribution in [2.45, 2.75) is 32.1 Å². The predicted molar refractivity (Wildman–Crippen MR) is 37.6 cm³/mol. The van der Waals surface area contributed by atoms with Crippen LogP contribution in [0.1, 0.15) is 26.2 Å².